The van der Waals surface area contributed by atoms with Crippen LogP contribution in [0, 0.1) is 27.2 Å². The lowest BCUT2D eigenvalue weighted by molar-refractivity contribution is -0.385. The molecule has 0 aliphatic rings. The predicted octanol–water partition coefficient (Wildman–Crippen LogP) is 5.32. The molecule has 0 N–H and O–H groups in total. The molecule has 0 saturated carbocycles. The number of aryl methyl sites for hydroxylation is 1. The standard InChI is InChI=1S/C22H17N3O4/c1-15-13-23-14-17(10-16-2-6-19(7-3-16)24(26)27)11-21(23)12-22(15)18-4-8-20(9-5-18)25(28)29/h2-9,11-14H,10H2,1H3. The minimum Gasteiger partial charge on any atom is -0.323 e. The zero-order chi connectivity index (χ0) is 20.5. The zero-order valence-electron chi connectivity index (χ0n) is 15.6. The first-order chi connectivity index (χ1) is 13.9. The third kappa shape index (κ3) is 3.70. The summed E-state index contributed by atoms with van der Waals surface area (Å²) in [6.07, 6.45) is 4.75. The summed E-state index contributed by atoms with van der Waals surface area (Å²) in [6.45, 7) is 2.01. The molecule has 0 aliphatic carbocycles. The molecule has 2 aromatic carbocycles. The number of aromatic nitrogens is 1. The smallest absolute Gasteiger partial charge is 0.269 e. The van der Waals surface area contributed by atoms with Crippen molar-refractivity contribution >= 4 is 16.9 Å². The number of fused-ring (bicyclic) bond motifs is 1. The molecule has 2 heterocycles. The highest BCUT2D eigenvalue weighted by Gasteiger charge is 2.10. The molecule has 0 aliphatic heterocycles. The van der Waals surface area contributed by atoms with E-state index in [1.165, 1.54) is 24.3 Å². The van der Waals surface area contributed by atoms with Crippen LogP contribution in [-0.4, -0.2) is 14.2 Å². The number of non-ortho nitro benzene ring substituents is 2. The van der Waals surface area contributed by atoms with Crippen LogP contribution in [0.25, 0.3) is 16.6 Å². The Morgan fingerprint density at radius 3 is 1.97 bits per heavy atom. The Morgan fingerprint density at radius 2 is 1.38 bits per heavy atom. The van der Waals surface area contributed by atoms with Crippen molar-refractivity contribution in [3.63, 3.8) is 0 Å². The second kappa shape index (κ2) is 7.20. The first-order valence-corrected chi connectivity index (χ1v) is 9.00. The van der Waals surface area contributed by atoms with Gasteiger partial charge in [0.25, 0.3) is 11.4 Å². The molecule has 144 valence electrons. The Kier molecular flexibility index (Phi) is 4.56. The average molecular weight is 387 g/mol. The Morgan fingerprint density at radius 1 is 0.793 bits per heavy atom. The number of nitro benzene ring substituents is 2. The Hall–Kier alpha value is -4.00. The lowest BCUT2D eigenvalue weighted by Gasteiger charge is -2.07. The quantitative estimate of drug-likeness (QED) is 0.342. The maximum Gasteiger partial charge on any atom is 0.269 e. The van der Waals surface area contributed by atoms with E-state index in [4.69, 9.17) is 0 Å². The van der Waals surface area contributed by atoms with Gasteiger partial charge in [-0.3, -0.25) is 20.2 Å². The van der Waals surface area contributed by atoms with E-state index in [1.54, 1.807) is 24.3 Å². The highest BCUT2D eigenvalue weighted by molar-refractivity contribution is 5.73. The van der Waals surface area contributed by atoms with Crippen LogP contribution in [0.1, 0.15) is 16.7 Å². The molecule has 2 aromatic heterocycles. The Bertz CT molecular complexity index is 1230. The maximum atomic E-state index is 10.9. The Labute approximate surface area is 166 Å². The summed E-state index contributed by atoms with van der Waals surface area (Å²) in [5.41, 5.74) is 6.27. The van der Waals surface area contributed by atoms with Crippen molar-refractivity contribution < 1.29 is 9.85 Å². The molecule has 0 radical (unpaired) electrons. The summed E-state index contributed by atoms with van der Waals surface area (Å²) in [5, 5.41) is 21.7. The molecule has 4 rings (SSSR count). The lowest BCUT2D eigenvalue weighted by atomic mass is 10.0. The van der Waals surface area contributed by atoms with Crippen molar-refractivity contribution in [2.75, 3.05) is 0 Å². The minimum atomic E-state index is -0.405. The van der Waals surface area contributed by atoms with Crippen LogP contribution in [-0.2, 0) is 6.42 Å². The number of hydrogen-bond donors (Lipinski definition) is 0. The van der Waals surface area contributed by atoms with Crippen LogP contribution in [0.15, 0.2) is 73.1 Å². The summed E-state index contributed by atoms with van der Waals surface area (Å²) in [5.74, 6) is 0. The number of benzene rings is 2. The van der Waals surface area contributed by atoms with Gasteiger partial charge in [0.1, 0.15) is 0 Å². The highest BCUT2D eigenvalue weighted by Crippen LogP contribution is 2.28. The maximum absolute atomic E-state index is 10.9. The van der Waals surface area contributed by atoms with E-state index in [-0.39, 0.29) is 11.4 Å². The van der Waals surface area contributed by atoms with Crippen LogP contribution in [0.3, 0.4) is 0 Å². The van der Waals surface area contributed by atoms with Gasteiger partial charge in [0.15, 0.2) is 0 Å². The van der Waals surface area contributed by atoms with Gasteiger partial charge in [-0.25, -0.2) is 0 Å². The largest absolute Gasteiger partial charge is 0.323 e. The van der Waals surface area contributed by atoms with Crippen molar-refractivity contribution in [3.8, 4) is 11.1 Å². The van der Waals surface area contributed by atoms with Gasteiger partial charge in [-0.2, -0.15) is 0 Å². The molecular weight excluding hydrogens is 370 g/mol. The lowest BCUT2D eigenvalue weighted by Crippen LogP contribution is -1.91. The zero-order valence-corrected chi connectivity index (χ0v) is 15.6. The van der Waals surface area contributed by atoms with Crippen molar-refractivity contribution in [1.29, 1.82) is 0 Å². The number of nitro groups is 2. The van der Waals surface area contributed by atoms with Crippen LogP contribution >= 0.6 is 0 Å². The van der Waals surface area contributed by atoms with E-state index < -0.39 is 9.85 Å². The fraction of sp³-hybridized carbons (Fsp3) is 0.0909. The molecular formula is C22H17N3O4. The first-order valence-electron chi connectivity index (χ1n) is 9.00. The van der Waals surface area contributed by atoms with Crippen molar-refractivity contribution in [1.82, 2.24) is 4.40 Å². The second-order valence-corrected chi connectivity index (χ2v) is 6.95. The minimum absolute atomic E-state index is 0.0700. The summed E-state index contributed by atoms with van der Waals surface area (Å²) < 4.78 is 2.05. The molecule has 0 spiro atoms. The van der Waals surface area contributed by atoms with Gasteiger partial charge in [0, 0.05) is 42.2 Å². The van der Waals surface area contributed by atoms with Crippen LogP contribution in [0.4, 0.5) is 11.4 Å². The van der Waals surface area contributed by atoms with Crippen LogP contribution in [0.5, 0.6) is 0 Å². The van der Waals surface area contributed by atoms with E-state index in [0.717, 1.165) is 33.3 Å². The van der Waals surface area contributed by atoms with E-state index in [1.807, 2.05) is 23.7 Å². The SMILES string of the molecule is Cc1cn2cc(Cc3ccc([N+](=O)[O-])cc3)cc2cc1-c1ccc([N+](=O)[O-])cc1. The molecule has 0 fully saturated rings. The molecule has 0 atom stereocenters. The highest BCUT2D eigenvalue weighted by atomic mass is 16.6. The van der Waals surface area contributed by atoms with E-state index in [9.17, 15) is 20.2 Å². The van der Waals surface area contributed by atoms with Gasteiger partial charge in [-0.05, 0) is 65.4 Å². The molecule has 0 bridgehead atoms. The third-order valence-electron chi connectivity index (χ3n) is 4.93. The number of pyridine rings is 1. The van der Waals surface area contributed by atoms with E-state index >= 15 is 0 Å². The molecule has 4 aromatic rings. The van der Waals surface area contributed by atoms with Gasteiger partial charge >= 0.3 is 0 Å². The van der Waals surface area contributed by atoms with Gasteiger partial charge < -0.3 is 4.40 Å². The van der Waals surface area contributed by atoms with Crippen molar-refractivity contribution in [3.05, 3.63) is 110 Å². The monoisotopic (exact) mass is 387 g/mol. The van der Waals surface area contributed by atoms with Crippen LogP contribution < -0.4 is 0 Å². The fourth-order valence-electron chi connectivity index (χ4n) is 3.46. The van der Waals surface area contributed by atoms with Gasteiger partial charge in [-0.1, -0.05) is 12.1 Å². The molecule has 0 amide bonds. The molecule has 0 unspecified atom stereocenters. The van der Waals surface area contributed by atoms with Crippen molar-refractivity contribution in [2.24, 2.45) is 0 Å². The normalized spacial score (nSPS) is 10.9. The van der Waals surface area contributed by atoms with Gasteiger partial charge in [0.2, 0.25) is 0 Å². The topological polar surface area (TPSA) is 90.7 Å². The Balaban J connectivity index is 1.64. The van der Waals surface area contributed by atoms with Crippen LogP contribution in [0.2, 0.25) is 0 Å². The number of rotatable bonds is 5. The average Bonchev–Trinajstić information content (AvgIpc) is 3.08. The van der Waals surface area contributed by atoms with E-state index in [0.29, 0.717) is 6.42 Å². The first kappa shape index (κ1) is 18.4. The summed E-state index contributed by atoms with van der Waals surface area (Å²) >= 11 is 0. The fourth-order valence-corrected chi connectivity index (χ4v) is 3.46. The molecule has 29 heavy (non-hydrogen) atoms. The van der Waals surface area contributed by atoms with Gasteiger partial charge in [-0.15, -0.1) is 0 Å². The molecule has 7 heteroatoms. The van der Waals surface area contributed by atoms with Crippen molar-refractivity contribution in [2.45, 2.75) is 13.3 Å². The second-order valence-electron chi connectivity index (χ2n) is 6.95. The summed E-state index contributed by atoms with van der Waals surface area (Å²) in [4.78, 5) is 20.8. The summed E-state index contributed by atoms with van der Waals surface area (Å²) in [6, 6.07) is 17.3. The molecule has 7 nitrogen and oxygen atoms in total. The summed E-state index contributed by atoms with van der Waals surface area (Å²) in [7, 11) is 0. The number of hydrogen-bond acceptors (Lipinski definition) is 4. The molecule has 0 saturated heterocycles. The van der Waals surface area contributed by atoms with E-state index in [2.05, 4.69) is 12.1 Å². The predicted molar refractivity (Wildman–Crippen MR) is 110 cm³/mol. The third-order valence-corrected chi connectivity index (χ3v) is 4.93. The van der Waals surface area contributed by atoms with Gasteiger partial charge in [0.05, 0.1) is 9.85 Å². The number of nitrogens with zero attached hydrogens (tertiary/aromatic N) is 3.